The Morgan fingerprint density at radius 2 is 2.04 bits per heavy atom. The molecule has 5 nitrogen and oxygen atoms in total. The summed E-state index contributed by atoms with van der Waals surface area (Å²) >= 11 is 2.23. The van der Waals surface area contributed by atoms with Gasteiger partial charge in [0.2, 0.25) is 5.91 Å². The average Bonchev–Trinajstić information content (AvgIpc) is 2.61. The molecule has 2 aromatic rings. The van der Waals surface area contributed by atoms with E-state index in [2.05, 4.69) is 27.9 Å². The summed E-state index contributed by atoms with van der Waals surface area (Å²) in [5.74, 6) is 1.48. The molecule has 0 fully saturated rings. The van der Waals surface area contributed by atoms with Gasteiger partial charge in [-0.25, -0.2) is 0 Å². The Kier molecular flexibility index (Phi) is 5.80. The van der Waals surface area contributed by atoms with Crippen LogP contribution in [0.15, 0.2) is 48.5 Å². The number of rotatable bonds is 5. The van der Waals surface area contributed by atoms with Crippen LogP contribution >= 0.6 is 22.6 Å². The van der Waals surface area contributed by atoms with Crippen molar-refractivity contribution in [1.82, 2.24) is 4.90 Å². The van der Waals surface area contributed by atoms with Crippen LogP contribution in [0.4, 0.5) is 5.69 Å². The number of nitrogens with one attached hydrogen (secondary N) is 1. The zero-order chi connectivity index (χ0) is 17.8. The van der Waals surface area contributed by atoms with Crippen molar-refractivity contribution >= 4 is 34.2 Å². The third kappa shape index (κ3) is 4.64. The van der Waals surface area contributed by atoms with Gasteiger partial charge >= 0.3 is 0 Å². The number of carbonyl (C=O) groups excluding carboxylic acids is 1. The Hall–Kier alpha value is -1.80. The summed E-state index contributed by atoms with van der Waals surface area (Å²) in [4.78, 5) is 14.5. The van der Waals surface area contributed by atoms with Gasteiger partial charge < -0.3 is 14.8 Å². The van der Waals surface area contributed by atoms with Gasteiger partial charge in [0.15, 0.2) is 11.5 Å². The number of ether oxygens (including phenoxy) is 2. The summed E-state index contributed by atoms with van der Waals surface area (Å²) in [6.07, 6.45) is -0.104. The maximum Gasteiger partial charge on any atom is 0.241 e. The SMILES string of the molecule is CC(C(=O)Nc1cccc(I)c1)N(C)CC1COc2ccccc2O1. The minimum Gasteiger partial charge on any atom is -0.486 e. The third-order valence-electron chi connectivity index (χ3n) is 4.19. The molecule has 6 heteroatoms. The lowest BCUT2D eigenvalue weighted by molar-refractivity contribution is -0.120. The number of likely N-dealkylation sites (N-methyl/N-ethyl adjacent to an activating group) is 1. The van der Waals surface area contributed by atoms with Crippen LogP contribution < -0.4 is 14.8 Å². The molecule has 1 heterocycles. The number of halogens is 1. The normalized spacial score (nSPS) is 17.2. The molecule has 0 saturated carbocycles. The van der Waals surface area contributed by atoms with Crippen molar-refractivity contribution < 1.29 is 14.3 Å². The van der Waals surface area contributed by atoms with E-state index in [-0.39, 0.29) is 18.1 Å². The molecule has 0 aliphatic carbocycles. The first kappa shape index (κ1) is 18.0. The fourth-order valence-corrected chi connectivity index (χ4v) is 3.19. The summed E-state index contributed by atoms with van der Waals surface area (Å²) in [6, 6.07) is 15.1. The second-order valence-electron chi connectivity index (χ2n) is 6.11. The molecule has 1 N–H and O–H groups in total. The highest BCUT2D eigenvalue weighted by Crippen LogP contribution is 2.31. The molecule has 2 aromatic carbocycles. The van der Waals surface area contributed by atoms with Crippen LogP contribution in [0.2, 0.25) is 0 Å². The number of nitrogens with zero attached hydrogens (tertiary/aromatic N) is 1. The maximum absolute atomic E-state index is 12.5. The fourth-order valence-electron chi connectivity index (χ4n) is 2.65. The van der Waals surface area contributed by atoms with Crippen LogP contribution in [-0.2, 0) is 4.79 Å². The van der Waals surface area contributed by atoms with Crippen LogP contribution in [0.3, 0.4) is 0 Å². The van der Waals surface area contributed by atoms with Crippen molar-refractivity contribution in [1.29, 1.82) is 0 Å². The predicted octanol–water partition coefficient (Wildman–Crippen LogP) is 3.39. The van der Waals surface area contributed by atoms with Gasteiger partial charge in [0.25, 0.3) is 0 Å². The van der Waals surface area contributed by atoms with E-state index in [4.69, 9.17) is 9.47 Å². The number of anilines is 1. The topological polar surface area (TPSA) is 50.8 Å². The number of fused-ring (bicyclic) bond motifs is 1. The quantitative estimate of drug-likeness (QED) is 0.707. The minimum atomic E-state index is -0.279. The first-order chi connectivity index (χ1) is 12.0. The van der Waals surface area contributed by atoms with Crippen LogP contribution in [0, 0.1) is 3.57 Å². The average molecular weight is 452 g/mol. The van der Waals surface area contributed by atoms with Crippen molar-refractivity contribution in [2.75, 3.05) is 25.5 Å². The molecule has 2 unspecified atom stereocenters. The molecule has 0 spiro atoms. The Morgan fingerprint density at radius 3 is 2.80 bits per heavy atom. The van der Waals surface area contributed by atoms with Crippen LogP contribution in [-0.4, -0.2) is 43.2 Å². The van der Waals surface area contributed by atoms with E-state index < -0.39 is 0 Å². The summed E-state index contributed by atoms with van der Waals surface area (Å²) in [6.45, 7) is 2.97. The van der Waals surface area contributed by atoms with E-state index in [1.165, 1.54) is 0 Å². The number of benzene rings is 2. The molecular formula is C19H21IN2O3. The van der Waals surface area contributed by atoms with Gasteiger partial charge in [0.1, 0.15) is 12.7 Å². The number of hydrogen-bond donors (Lipinski definition) is 1. The van der Waals surface area contributed by atoms with Gasteiger partial charge in [0.05, 0.1) is 6.04 Å². The van der Waals surface area contributed by atoms with Gasteiger partial charge in [-0.15, -0.1) is 0 Å². The van der Waals surface area contributed by atoms with Crippen molar-refractivity contribution in [3.63, 3.8) is 0 Å². The maximum atomic E-state index is 12.5. The van der Waals surface area contributed by atoms with Crippen molar-refractivity contribution in [2.45, 2.75) is 19.1 Å². The standard InChI is InChI=1S/C19H21IN2O3/c1-13(19(23)21-15-7-5-6-14(20)10-15)22(2)11-16-12-24-17-8-3-4-9-18(17)25-16/h3-10,13,16H,11-12H2,1-2H3,(H,21,23). The first-order valence-corrected chi connectivity index (χ1v) is 9.26. The van der Waals surface area contributed by atoms with Gasteiger partial charge in [-0.2, -0.15) is 0 Å². The Balaban J connectivity index is 1.55. The molecule has 0 bridgehead atoms. The predicted molar refractivity (Wildman–Crippen MR) is 106 cm³/mol. The highest BCUT2D eigenvalue weighted by Gasteiger charge is 2.26. The zero-order valence-electron chi connectivity index (χ0n) is 14.2. The lowest BCUT2D eigenvalue weighted by Gasteiger charge is -2.31. The van der Waals surface area contributed by atoms with Crippen LogP contribution in [0.25, 0.3) is 0 Å². The van der Waals surface area contributed by atoms with Gasteiger partial charge in [0, 0.05) is 15.8 Å². The highest BCUT2D eigenvalue weighted by atomic mass is 127. The number of carbonyl (C=O) groups is 1. The molecule has 1 aliphatic rings. The van der Waals surface area contributed by atoms with E-state index in [1.807, 2.05) is 67.4 Å². The molecule has 1 aliphatic heterocycles. The van der Waals surface area contributed by atoms with Gasteiger partial charge in [-0.05, 0) is 66.9 Å². The van der Waals surface area contributed by atoms with E-state index >= 15 is 0 Å². The van der Waals surface area contributed by atoms with Crippen LogP contribution in [0.1, 0.15) is 6.92 Å². The minimum absolute atomic E-state index is 0.0402. The Labute approximate surface area is 161 Å². The second kappa shape index (κ2) is 8.05. The molecule has 3 rings (SSSR count). The lowest BCUT2D eigenvalue weighted by Crippen LogP contribution is -2.46. The second-order valence-corrected chi connectivity index (χ2v) is 7.36. The fraction of sp³-hybridized carbons (Fsp3) is 0.316. The van der Waals surface area contributed by atoms with Crippen molar-refractivity contribution in [3.05, 3.63) is 52.1 Å². The monoisotopic (exact) mass is 452 g/mol. The lowest BCUT2D eigenvalue weighted by atomic mass is 10.2. The molecule has 25 heavy (non-hydrogen) atoms. The smallest absolute Gasteiger partial charge is 0.241 e. The molecule has 2 atom stereocenters. The molecule has 0 saturated heterocycles. The van der Waals surface area contributed by atoms with Gasteiger partial charge in [-0.3, -0.25) is 9.69 Å². The highest BCUT2D eigenvalue weighted by molar-refractivity contribution is 14.1. The third-order valence-corrected chi connectivity index (χ3v) is 4.86. The molecule has 0 radical (unpaired) electrons. The van der Waals surface area contributed by atoms with E-state index in [1.54, 1.807) is 0 Å². The van der Waals surface area contributed by atoms with Gasteiger partial charge in [-0.1, -0.05) is 18.2 Å². The molecule has 132 valence electrons. The molecule has 0 aromatic heterocycles. The van der Waals surface area contributed by atoms with Crippen molar-refractivity contribution in [2.24, 2.45) is 0 Å². The summed E-state index contributed by atoms with van der Waals surface area (Å²) in [5, 5.41) is 2.96. The number of hydrogen-bond acceptors (Lipinski definition) is 4. The molecule has 1 amide bonds. The zero-order valence-corrected chi connectivity index (χ0v) is 16.4. The number of amides is 1. The number of para-hydroxylation sites is 2. The Morgan fingerprint density at radius 1 is 1.28 bits per heavy atom. The largest absolute Gasteiger partial charge is 0.486 e. The van der Waals surface area contributed by atoms with Crippen LogP contribution in [0.5, 0.6) is 11.5 Å². The van der Waals surface area contributed by atoms with E-state index in [0.29, 0.717) is 13.2 Å². The summed E-state index contributed by atoms with van der Waals surface area (Å²) < 4.78 is 12.8. The Bertz CT molecular complexity index is 753. The van der Waals surface area contributed by atoms with E-state index in [0.717, 1.165) is 20.8 Å². The summed E-state index contributed by atoms with van der Waals surface area (Å²) in [7, 11) is 1.92. The summed E-state index contributed by atoms with van der Waals surface area (Å²) in [5.41, 5.74) is 0.809. The van der Waals surface area contributed by atoms with E-state index in [9.17, 15) is 4.79 Å². The first-order valence-electron chi connectivity index (χ1n) is 8.18. The van der Waals surface area contributed by atoms with Crippen molar-refractivity contribution in [3.8, 4) is 11.5 Å². The molecular weight excluding hydrogens is 431 g/mol.